The van der Waals surface area contributed by atoms with Gasteiger partial charge in [-0.05, 0) is 88.3 Å². The summed E-state index contributed by atoms with van der Waals surface area (Å²) in [6, 6.07) is 16.0. The van der Waals surface area contributed by atoms with E-state index in [0.717, 1.165) is 24.8 Å². The van der Waals surface area contributed by atoms with Crippen LogP contribution in [0, 0.1) is 6.92 Å². The monoisotopic (exact) mass is 448 g/mol. The highest BCUT2D eigenvalue weighted by atomic mass is 16.6. The Morgan fingerprint density at radius 2 is 1.64 bits per heavy atom. The first-order valence-electron chi connectivity index (χ1n) is 12.1. The lowest BCUT2D eigenvalue weighted by atomic mass is 9.96. The number of alkyl carbamates (subject to hydrolysis) is 1. The lowest BCUT2D eigenvalue weighted by Gasteiger charge is -2.25. The standard InChI is InChI=1S/C28H36N2O3/c1-18-6-5-7-22(16-18)23-14-15-24(17-23)29-26(31)25(30-27(32)33-28(2,3)4)21-12-10-20(11-13-21)19-8-9-19/h5-7,10-13,16,19,23-25H,8-9,14-15,17H2,1-4H3,(H,29,31)(H,30,32)/t23?,24-,25?/m1/s1. The van der Waals surface area contributed by atoms with Gasteiger partial charge in [-0.25, -0.2) is 4.79 Å². The quantitative estimate of drug-likeness (QED) is 0.579. The van der Waals surface area contributed by atoms with Gasteiger partial charge in [0.2, 0.25) is 5.91 Å². The second-order valence-electron chi connectivity index (χ2n) is 10.6. The smallest absolute Gasteiger partial charge is 0.408 e. The molecule has 2 saturated carbocycles. The van der Waals surface area contributed by atoms with Crippen LogP contribution in [0.2, 0.25) is 0 Å². The molecule has 2 amide bonds. The summed E-state index contributed by atoms with van der Waals surface area (Å²) >= 11 is 0. The van der Waals surface area contributed by atoms with Crippen LogP contribution in [0.3, 0.4) is 0 Å². The summed E-state index contributed by atoms with van der Waals surface area (Å²) in [7, 11) is 0. The molecule has 4 rings (SSSR count). The normalized spacial score (nSPS) is 21.3. The third-order valence-electron chi connectivity index (χ3n) is 6.53. The summed E-state index contributed by atoms with van der Waals surface area (Å²) in [5.41, 5.74) is 4.04. The number of rotatable bonds is 6. The van der Waals surface area contributed by atoms with Gasteiger partial charge in [-0.3, -0.25) is 4.79 Å². The van der Waals surface area contributed by atoms with E-state index in [1.165, 1.54) is 29.5 Å². The highest BCUT2D eigenvalue weighted by molar-refractivity contribution is 5.87. The molecule has 0 radical (unpaired) electrons. The Morgan fingerprint density at radius 3 is 2.27 bits per heavy atom. The predicted molar refractivity (Wildman–Crippen MR) is 130 cm³/mol. The maximum Gasteiger partial charge on any atom is 0.408 e. The summed E-state index contributed by atoms with van der Waals surface area (Å²) in [5.74, 6) is 0.905. The number of amides is 2. The molecule has 2 fully saturated rings. The van der Waals surface area contributed by atoms with E-state index in [4.69, 9.17) is 4.74 Å². The zero-order valence-corrected chi connectivity index (χ0v) is 20.2. The van der Waals surface area contributed by atoms with E-state index in [-0.39, 0.29) is 11.9 Å². The highest BCUT2D eigenvalue weighted by Gasteiger charge is 2.32. The maximum absolute atomic E-state index is 13.3. The first-order chi connectivity index (χ1) is 15.7. The summed E-state index contributed by atoms with van der Waals surface area (Å²) < 4.78 is 5.44. The Kier molecular flexibility index (Phi) is 6.78. The van der Waals surface area contributed by atoms with Crippen LogP contribution in [-0.2, 0) is 9.53 Å². The molecular formula is C28H36N2O3. The Bertz CT molecular complexity index is 989. The highest BCUT2D eigenvalue weighted by Crippen LogP contribution is 2.40. The molecule has 176 valence electrons. The lowest BCUT2D eigenvalue weighted by molar-refractivity contribution is -0.124. The lowest BCUT2D eigenvalue weighted by Crippen LogP contribution is -2.45. The molecule has 0 aliphatic heterocycles. The number of benzene rings is 2. The van der Waals surface area contributed by atoms with E-state index in [0.29, 0.717) is 11.8 Å². The van der Waals surface area contributed by atoms with Gasteiger partial charge in [0.1, 0.15) is 11.6 Å². The average Bonchev–Trinajstić information content (AvgIpc) is 3.50. The van der Waals surface area contributed by atoms with Crippen molar-refractivity contribution >= 4 is 12.0 Å². The van der Waals surface area contributed by atoms with Crippen molar-refractivity contribution in [3.05, 3.63) is 70.8 Å². The van der Waals surface area contributed by atoms with Crippen molar-refractivity contribution in [3.8, 4) is 0 Å². The first-order valence-corrected chi connectivity index (χ1v) is 12.1. The molecule has 2 aliphatic carbocycles. The Morgan fingerprint density at radius 1 is 0.939 bits per heavy atom. The fourth-order valence-corrected chi connectivity index (χ4v) is 4.73. The molecule has 0 heterocycles. The number of hydrogen-bond acceptors (Lipinski definition) is 3. The average molecular weight is 449 g/mol. The van der Waals surface area contributed by atoms with E-state index in [2.05, 4.69) is 54.0 Å². The van der Waals surface area contributed by atoms with Crippen LogP contribution in [-0.4, -0.2) is 23.6 Å². The molecule has 0 aromatic heterocycles. The van der Waals surface area contributed by atoms with Gasteiger partial charge in [0.25, 0.3) is 0 Å². The topological polar surface area (TPSA) is 67.4 Å². The van der Waals surface area contributed by atoms with Gasteiger partial charge in [0, 0.05) is 6.04 Å². The minimum atomic E-state index is -0.786. The molecule has 2 unspecified atom stereocenters. The van der Waals surface area contributed by atoms with Gasteiger partial charge < -0.3 is 15.4 Å². The van der Waals surface area contributed by atoms with E-state index in [9.17, 15) is 9.59 Å². The van der Waals surface area contributed by atoms with Gasteiger partial charge in [-0.15, -0.1) is 0 Å². The largest absolute Gasteiger partial charge is 0.444 e. The van der Waals surface area contributed by atoms with Crippen molar-refractivity contribution in [2.24, 2.45) is 0 Å². The third kappa shape index (κ3) is 6.37. The molecule has 33 heavy (non-hydrogen) atoms. The van der Waals surface area contributed by atoms with E-state index < -0.39 is 17.7 Å². The minimum Gasteiger partial charge on any atom is -0.444 e. The van der Waals surface area contributed by atoms with Crippen molar-refractivity contribution < 1.29 is 14.3 Å². The summed E-state index contributed by atoms with van der Waals surface area (Å²) in [6.07, 6.45) is 4.76. The van der Waals surface area contributed by atoms with Gasteiger partial charge >= 0.3 is 6.09 Å². The number of ether oxygens (including phenoxy) is 1. The van der Waals surface area contributed by atoms with Gasteiger partial charge in [-0.1, -0.05) is 54.1 Å². The molecule has 0 bridgehead atoms. The second-order valence-corrected chi connectivity index (χ2v) is 10.6. The maximum atomic E-state index is 13.3. The van der Waals surface area contributed by atoms with Gasteiger partial charge in [-0.2, -0.15) is 0 Å². The SMILES string of the molecule is Cc1cccc(C2CC[C@@H](NC(=O)C(NC(=O)OC(C)(C)C)c3ccc(C4CC4)cc3)C2)c1. The molecule has 2 aliphatic rings. The van der Waals surface area contributed by atoms with Gasteiger partial charge in [0.05, 0.1) is 0 Å². The van der Waals surface area contributed by atoms with Crippen molar-refractivity contribution in [2.75, 3.05) is 0 Å². The van der Waals surface area contributed by atoms with Crippen molar-refractivity contribution in [2.45, 2.75) is 89.3 Å². The number of carbonyl (C=O) groups is 2. The van der Waals surface area contributed by atoms with Crippen LogP contribution in [0.4, 0.5) is 4.79 Å². The van der Waals surface area contributed by atoms with Crippen LogP contribution in [0.1, 0.15) is 93.0 Å². The van der Waals surface area contributed by atoms with Crippen molar-refractivity contribution in [1.29, 1.82) is 0 Å². The van der Waals surface area contributed by atoms with Crippen LogP contribution in [0.15, 0.2) is 48.5 Å². The summed E-state index contributed by atoms with van der Waals surface area (Å²) in [6.45, 7) is 7.56. The third-order valence-corrected chi connectivity index (χ3v) is 6.53. The first kappa shape index (κ1) is 23.3. The number of hydrogen-bond donors (Lipinski definition) is 2. The fourth-order valence-electron chi connectivity index (χ4n) is 4.73. The second kappa shape index (κ2) is 9.58. The number of nitrogens with one attached hydrogen (secondary N) is 2. The molecule has 2 N–H and O–H groups in total. The number of carbonyl (C=O) groups excluding carboxylic acids is 2. The fraction of sp³-hybridized carbons (Fsp3) is 0.500. The Labute approximate surface area is 197 Å². The molecular weight excluding hydrogens is 412 g/mol. The zero-order valence-electron chi connectivity index (χ0n) is 20.2. The molecule has 3 atom stereocenters. The molecule has 2 aromatic rings. The number of aryl methyl sites for hydroxylation is 1. The van der Waals surface area contributed by atoms with Gasteiger partial charge in [0.15, 0.2) is 0 Å². The van der Waals surface area contributed by atoms with Crippen LogP contribution >= 0.6 is 0 Å². The van der Waals surface area contributed by atoms with Crippen LogP contribution < -0.4 is 10.6 Å². The van der Waals surface area contributed by atoms with Crippen molar-refractivity contribution in [3.63, 3.8) is 0 Å². The molecule has 0 spiro atoms. The predicted octanol–water partition coefficient (Wildman–Crippen LogP) is 5.89. The summed E-state index contributed by atoms with van der Waals surface area (Å²) in [5, 5.41) is 6.01. The minimum absolute atomic E-state index is 0.0942. The summed E-state index contributed by atoms with van der Waals surface area (Å²) in [4.78, 5) is 25.9. The van der Waals surface area contributed by atoms with E-state index in [1.54, 1.807) is 0 Å². The van der Waals surface area contributed by atoms with Crippen LogP contribution in [0.5, 0.6) is 0 Å². The molecule has 0 saturated heterocycles. The zero-order chi connectivity index (χ0) is 23.6. The molecule has 2 aromatic carbocycles. The molecule has 5 nitrogen and oxygen atoms in total. The van der Waals surface area contributed by atoms with E-state index in [1.807, 2.05) is 32.9 Å². The van der Waals surface area contributed by atoms with Crippen molar-refractivity contribution in [1.82, 2.24) is 10.6 Å². The Hall–Kier alpha value is -2.82. The van der Waals surface area contributed by atoms with E-state index >= 15 is 0 Å². The Balaban J connectivity index is 1.45. The molecule has 5 heteroatoms. The van der Waals surface area contributed by atoms with Crippen LogP contribution in [0.25, 0.3) is 0 Å².